The van der Waals surface area contributed by atoms with Gasteiger partial charge in [-0.05, 0) is 19.9 Å². The first-order chi connectivity index (χ1) is 10.0. The first-order valence-corrected chi connectivity index (χ1v) is 8.89. The molecule has 0 unspecified atom stereocenters. The smallest absolute Gasteiger partial charge is 0.243 e. The summed E-state index contributed by atoms with van der Waals surface area (Å²) in [7, 11) is -3.47. The lowest BCUT2D eigenvalue weighted by molar-refractivity contribution is -0.0292. The van der Waals surface area contributed by atoms with E-state index < -0.39 is 10.0 Å². The van der Waals surface area contributed by atoms with Crippen LogP contribution in [0.25, 0.3) is 0 Å². The number of hydrogen-bond acceptors (Lipinski definition) is 5. The number of likely N-dealkylation sites (N-methyl/N-ethyl adjacent to an activating group) is 1. The van der Waals surface area contributed by atoms with Crippen LogP contribution in [-0.4, -0.2) is 62.0 Å². The predicted octanol–water partition coefficient (Wildman–Crippen LogP) is 0.292. The average Bonchev–Trinajstić information content (AvgIpc) is 2.97. The van der Waals surface area contributed by atoms with E-state index in [4.69, 9.17) is 4.74 Å². The lowest BCUT2D eigenvalue weighted by atomic mass is 10.2. The summed E-state index contributed by atoms with van der Waals surface area (Å²) in [6.45, 7) is 8.60. The van der Waals surface area contributed by atoms with Gasteiger partial charge < -0.3 is 4.74 Å². The number of nitrogens with zero attached hydrogens (tertiary/aromatic N) is 3. The number of ether oxygens (including phenoxy) is 1. The van der Waals surface area contributed by atoms with Crippen LogP contribution in [-0.2, 0) is 21.3 Å². The van der Waals surface area contributed by atoms with Crippen LogP contribution in [0, 0.1) is 0 Å². The maximum Gasteiger partial charge on any atom is 0.243 e. The Morgan fingerprint density at radius 3 is 2.90 bits per heavy atom. The van der Waals surface area contributed by atoms with Crippen molar-refractivity contribution >= 4 is 10.0 Å². The van der Waals surface area contributed by atoms with Crippen molar-refractivity contribution in [1.82, 2.24) is 19.4 Å². The summed E-state index contributed by atoms with van der Waals surface area (Å²) in [6, 6.07) is 0. The van der Waals surface area contributed by atoms with Gasteiger partial charge in [0.25, 0.3) is 0 Å². The van der Waals surface area contributed by atoms with Gasteiger partial charge in [0.05, 0.1) is 18.9 Å². The molecule has 1 aromatic rings. The van der Waals surface area contributed by atoms with E-state index >= 15 is 0 Å². The van der Waals surface area contributed by atoms with Gasteiger partial charge in [-0.15, -0.1) is 0 Å². The molecule has 0 bridgehead atoms. The Hall–Kier alpha value is -0.960. The quantitative estimate of drug-likeness (QED) is 0.782. The third kappa shape index (κ3) is 4.50. The highest BCUT2D eigenvalue weighted by atomic mass is 32.2. The fraction of sp³-hybridized carbons (Fsp3) is 0.769. The van der Waals surface area contributed by atoms with E-state index in [1.807, 2.05) is 6.92 Å². The summed E-state index contributed by atoms with van der Waals surface area (Å²) in [6.07, 6.45) is 3.69. The SMILES string of the molecule is CCN1CCO[C@H](CCNS(=O)(=O)c2cnn(CC)c2)C1. The van der Waals surface area contributed by atoms with Crippen LogP contribution in [0.5, 0.6) is 0 Å². The number of sulfonamides is 1. The lowest BCUT2D eigenvalue weighted by Gasteiger charge is -2.32. The minimum absolute atomic E-state index is 0.0970. The fourth-order valence-electron chi connectivity index (χ4n) is 2.34. The van der Waals surface area contributed by atoms with Crippen LogP contribution >= 0.6 is 0 Å². The Bertz CT molecular complexity index is 543. The summed E-state index contributed by atoms with van der Waals surface area (Å²) < 4.78 is 34.1. The Morgan fingerprint density at radius 2 is 2.24 bits per heavy atom. The van der Waals surface area contributed by atoms with Crippen molar-refractivity contribution in [1.29, 1.82) is 0 Å². The van der Waals surface area contributed by atoms with E-state index in [2.05, 4.69) is 21.6 Å². The van der Waals surface area contributed by atoms with Gasteiger partial charge >= 0.3 is 0 Å². The molecule has 21 heavy (non-hydrogen) atoms. The van der Waals surface area contributed by atoms with Crippen LogP contribution in [0.2, 0.25) is 0 Å². The van der Waals surface area contributed by atoms with Gasteiger partial charge in [-0.1, -0.05) is 6.92 Å². The third-order valence-electron chi connectivity index (χ3n) is 3.67. The number of aromatic nitrogens is 2. The van der Waals surface area contributed by atoms with Crippen LogP contribution in [0.4, 0.5) is 0 Å². The average molecular weight is 316 g/mol. The summed E-state index contributed by atoms with van der Waals surface area (Å²) in [5.41, 5.74) is 0. The Balaban J connectivity index is 1.82. The molecule has 0 amide bonds. The number of nitrogens with one attached hydrogen (secondary N) is 1. The maximum atomic E-state index is 12.1. The van der Waals surface area contributed by atoms with Crippen molar-refractivity contribution in [2.45, 2.75) is 37.8 Å². The molecule has 8 heteroatoms. The Morgan fingerprint density at radius 1 is 1.43 bits per heavy atom. The first-order valence-electron chi connectivity index (χ1n) is 7.41. The normalized spacial score (nSPS) is 20.8. The zero-order valence-electron chi connectivity index (χ0n) is 12.7. The van der Waals surface area contributed by atoms with E-state index in [9.17, 15) is 8.42 Å². The largest absolute Gasteiger partial charge is 0.376 e. The Kier molecular flexibility index (Phi) is 5.74. The van der Waals surface area contributed by atoms with Crippen LogP contribution in [0.15, 0.2) is 17.3 Å². The molecule has 1 N–H and O–H groups in total. The van der Waals surface area contributed by atoms with Gasteiger partial charge in [0.2, 0.25) is 10.0 Å². The van der Waals surface area contributed by atoms with E-state index in [0.29, 0.717) is 26.1 Å². The molecule has 1 saturated heterocycles. The summed E-state index contributed by atoms with van der Waals surface area (Å²) >= 11 is 0. The Labute approximate surface area is 126 Å². The molecular formula is C13H24N4O3S. The molecule has 2 rings (SSSR count). The number of morpholine rings is 1. The second-order valence-corrected chi connectivity index (χ2v) is 6.87. The predicted molar refractivity (Wildman–Crippen MR) is 79.6 cm³/mol. The zero-order valence-corrected chi connectivity index (χ0v) is 13.5. The summed E-state index contributed by atoms with van der Waals surface area (Å²) in [5.74, 6) is 0. The molecule has 1 atom stereocenters. The molecule has 0 saturated carbocycles. The zero-order chi connectivity index (χ0) is 15.3. The maximum absolute atomic E-state index is 12.1. The van der Waals surface area contributed by atoms with Crippen LogP contribution in [0.1, 0.15) is 20.3 Å². The van der Waals surface area contributed by atoms with E-state index in [1.54, 1.807) is 4.68 Å². The lowest BCUT2D eigenvalue weighted by Crippen LogP contribution is -2.43. The van der Waals surface area contributed by atoms with Crippen molar-refractivity contribution in [2.24, 2.45) is 0 Å². The molecule has 0 aliphatic carbocycles. The molecule has 0 aromatic carbocycles. The molecule has 0 radical (unpaired) electrons. The van der Waals surface area contributed by atoms with Crippen molar-refractivity contribution < 1.29 is 13.2 Å². The van der Waals surface area contributed by atoms with Gasteiger partial charge in [-0.3, -0.25) is 9.58 Å². The molecule has 120 valence electrons. The van der Waals surface area contributed by atoms with Gasteiger partial charge in [0.15, 0.2) is 0 Å². The van der Waals surface area contributed by atoms with E-state index in [1.165, 1.54) is 12.4 Å². The highest BCUT2D eigenvalue weighted by Gasteiger charge is 2.21. The van der Waals surface area contributed by atoms with E-state index in [-0.39, 0.29) is 11.0 Å². The molecule has 2 heterocycles. The van der Waals surface area contributed by atoms with E-state index in [0.717, 1.165) is 19.6 Å². The molecule has 1 aromatic heterocycles. The van der Waals surface area contributed by atoms with Gasteiger partial charge in [-0.25, -0.2) is 13.1 Å². The highest BCUT2D eigenvalue weighted by molar-refractivity contribution is 7.89. The van der Waals surface area contributed by atoms with Crippen LogP contribution < -0.4 is 4.72 Å². The minimum atomic E-state index is -3.47. The fourth-order valence-corrected chi connectivity index (χ4v) is 3.34. The van der Waals surface area contributed by atoms with Gasteiger partial charge in [0, 0.05) is 32.4 Å². The topological polar surface area (TPSA) is 76.5 Å². The van der Waals surface area contributed by atoms with Gasteiger partial charge in [0.1, 0.15) is 4.90 Å². The molecule has 1 fully saturated rings. The molecule has 0 spiro atoms. The number of hydrogen-bond donors (Lipinski definition) is 1. The van der Waals surface area contributed by atoms with Crippen molar-refractivity contribution in [3.63, 3.8) is 0 Å². The molecular weight excluding hydrogens is 292 g/mol. The molecule has 7 nitrogen and oxygen atoms in total. The summed E-state index contributed by atoms with van der Waals surface area (Å²) in [5, 5.41) is 3.99. The molecule has 1 aliphatic heterocycles. The minimum Gasteiger partial charge on any atom is -0.376 e. The third-order valence-corrected chi connectivity index (χ3v) is 5.09. The van der Waals surface area contributed by atoms with Crippen molar-refractivity contribution in [3.8, 4) is 0 Å². The standard InChI is InChI=1S/C13H24N4O3S/c1-3-16-7-8-20-12(10-16)5-6-15-21(18,19)13-9-14-17(4-2)11-13/h9,11-12,15H,3-8,10H2,1-2H3/t12-/m1/s1. The first kappa shape index (κ1) is 16.4. The second-order valence-electron chi connectivity index (χ2n) is 5.10. The monoisotopic (exact) mass is 316 g/mol. The summed E-state index contributed by atoms with van der Waals surface area (Å²) in [4.78, 5) is 2.53. The van der Waals surface area contributed by atoms with Gasteiger partial charge in [-0.2, -0.15) is 5.10 Å². The van der Waals surface area contributed by atoms with Crippen LogP contribution in [0.3, 0.4) is 0 Å². The number of aryl methyl sites for hydroxylation is 1. The second kappa shape index (κ2) is 7.35. The van der Waals surface area contributed by atoms with Crippen molar-refractivity contribution in [2.75, 3.05) is 32.8 Å². The van der Waals surface area contributed by atoms with Crippen molar-refractivity contribution in [3.05, 3.63) is 12.4 Å². The number of rotatable bonds is 7. The molecule has 1 aliphatic rings. The highest BCUT2D eigenvalue weighted by Crippen LogP contribution is 2.10.